The number of nitriles is 1. The fraction of sp³-hybridized carbons (Fsp3) is 0.326. The smallest absolute Gasteiger partial charge is 0.410 e. The predicted molar refractivity (Wildman–Crippen MR) is 484 cm³/mol. The van der Waals surface area contributed by atoms with Gasteiger partial charge in [-0.2, -0.15) is 5.26 Å². The number of likely N-dealkylation sites (tertiary alicyclic amines) is 4. The van der Waals surface area contributed by atoms with E-state index in [9.17, 15) is 38.8 Å². The van der Waals surface area contributed by atoms with Crippen molar-refractivity contribution in [2.24, 2.45) is 5.84 Å². The Morgan fingerprint density at radius 1 is 0.416 bits per heavy atom. The number of hydrogen-bond donors (Lipinski definition) is 4. The first-order chi connectivity index (χ1) is 59.7. The molecule has 7 heterocycles. The SMILES string of the molecule is CC(C)(C)OC(=O)N1CCCC1C(=O)NNC(=O)c1cccc(Br)c1.CC(C)(C)OC(=O)N1CCCC1c1nnc(-c2cccc(-c3ccccc3)c2)o1.CC(C)(C)OC(=O)N1CCCC1c1nnc(-c2cccc(Br)c2)o1.CCOC(=O)c1cccc(Br)c1.N#CN1CCCC1c1nnc(-c2cccc(-c3ccccc3)c2)o1.NNC(=O)c1cccc(Br)c1. The number of nitrogens with two attached hydrogens (primary N) is 1. The molecule has 654 valence electrons. The Kier molecular flexibility index (Phi) is 34.4. The number of nitrogen functional groups attached to an aromatic ring is 1. The standard InChI is InChI=1S/C23H25N3O3.C19H16N4O.C17H22BrN3O4.C17H20BrN3O3.C9H9BrO2.C7H7BrN2O/c1-23(2,3)29-22(27)26-14-8-13-19(26)21-25-24-20(28-21)18-12-7-11-17(15-18)16-9-5-4-6-10-16;20-13-23-11-5-10-17(23)19-22-21-18(24-19)16-9-4-8-15(12-16)14-6-2-1-3-7-14;1-17(2,3)25-16(24)21-9-5-8-13(21)15(23)20-19-14(22)11-6-4-7-12(18)10-11;1-17(2,3)24-16(22)21-9-5-8-13(21)15-20-19-14(23-15)11-6-4-7-12(18)10-11;1-2-12-9(11)7-4-3-5-8(10)6-7;8-6-3-1-2-5(4-6)7(11)10-9/h4-7,9-12,15,19H,8,13-14H2,1-3H3;1-4,6-9,12,17H,5,10-11H2;4,6-7,10,13H,5,8-9H2,1-3H3,(H,19,22)(H,20,23);4,6-7,10,13H,5,8-9H2,1-3H3;3-6H,2H2,1H3;1-4H,9H2,(H,10,11). The Hall–Kier alpha value is -12.0. The minimum Gasteiger partial charge on any atom is -0.462 e. The number of amides is 6. The Morgan fingerprint density at radius 2 is 0.768 bits per heavy atom. The number of carbonyl (C=O) groups is 7. The molecule has 15 rings (SSSR count). The Bertz CT molecular complexity index is 5520. The molecule has 3 aromatic heterocycles. The molecule has 6 amide bonds. The molecule has 8 aromatic carbocycles. The van der Waals surface area contributed by atoms with Crippen LogP contribution in [0.25, 0.3) is 56.6 Å². The van der Waals surface area contributed by atoms with Gasteiger partial charge in [-0.05, 0) is 240 Å². The van der Waals surface area contributed by atoms with E-state index < -0.39 is 40.8 Å². The van der Waals surface area contributed by atoms with Crippen molar-refractivity contribution in [3.63, 3.8) is 0 Å². The Labute approximate surface area is 759 Å². The largest absolute Gasteiger partial charge is 0.462 e. The van der Waals surface area contributed by atoms with Crippen molar-refractivity contribution < 1.29 is 65.8 Å². The van der Waals surface area contributed by atoms with Crippen LogP contribution in [0.5, 0.6) is 0 Å². The van der Waals surface area contributed by atoms with Crippen LogP contribution in [-0.4, -0.2) is 148 Å². The molecule has 0 radical (unpaired) electrons. The highest BCUT2D eigenvalue weighted by Gasteiger charge is 2.40. The molecule has 11 aromatic rings. The van der Waals surface area contributed by atoms with Gasteiger partial charge in [0.25, 0.3) is 17.7 Å². The summed E-state index contributed by atoms with van der Waals surface area (Å²) in [6, 6.07) is 63.7. The van der Waals surface area contributed by atoms with Crippen molar-refractivity contribution >= 4 is 106 Å². The van der Waals surface area contributed by atoms with Gasteiger partial charge in [0.1, 0.15) is 41.0 Å². The molecule has 33 heteroatoms. The highest BCUT2D eigenvalue weighted by atomic mass is 79.9. The van der Waals surface area contributed by atoms with E-state index in [0.29, 0.717) is 91.1 Å². The number of hydrazine groups is 2. The summed E-state index contributed by atoms with van der Waals surface area (Å²) in [6.45, 7) is 21.1. The second kappa shape index (κ2) is 45.1. The van der Waals surface area contributed by atoms with Gasteiger partial charge in [0.05, 0.1) is 12.2 Å². The highest BCUT2D eigenvalue weighted by molar-refractivity contribution is 9.11. The lowest BCUT2D eigenvalue weighted by atomic mass is 10.0. The number of nitrogens with one attached hydrogen (secondary N) is 3. The zero-order valence-corrected chi connectivity index (χ0v) is 77.2. The highest BCUT2D eigenvalue weighted by Crippen LogP contribution is 2.38. The molecule has 0 bridgehead atoms. The summed E-state index contributed by atoms with van der Waals surface area (Å²) in [5, 5.41) is 34.3. The molecule has 0 spiro atoms. The molecular formula is C92H99Br4N15O14. The lowest BCUT2D eigenvalue weighted by Gasteiger charge is -2.28. The van der Waals surface area contributed by atoms with Crippen LogP contribution in [0.1, 0.15) is 187 Å². The van der Waals surface area contributed by atoms with Crippen molar-refractivity contribution in [1.82, 2.24) is 66.5 Å². The van der Waals surface area contributed by atoms with E-state index in [0.717, 1.165) is 102 Å². The first-order valence-corrected chi connectivity index (χ1v) is 43.7. The monoisotopic (exact) mass is 1950 g/mol. The van der Waals surface area contributed by atoms with Crippen molar-refractivity contribution in [1.29, 1.82) is 5.26 Å². The summed E-state index contributed by atoms with van der Waals surface area (Å²) >= 11 is 13.2. The molecule has 4 fully saturated rings. The summed E-state index contributed by atoms with van der Waals surface area (Å²) in [4.78, 5) is 90.0. The molecule has 4 atom stereocenters. The molecule has 29 nitrogen and oxygen atoms in total. The summed E-state index contributed by atoms with van der Waals surface area (Å²) in [6.07, 6.45) is 7.41. The van der Waals surface area contributed by atoms with E-state index in [2.05, 4.69) is 148 Å². The van der Waals surface area contributed by atoms with Crippen molar-refractivity contribution in [3.8, 4) is 62.8 Å². The first-order valence-electron chi connectivity index (χ1n) is 40.5. The van der Waals surface area contributed by atoms with Crippen LogP contribution in [0.4, 0.5) is 14.4 Å². The van der Waals surface area contributed by atoms with Gasteiger partial charge in [0.2, 0.25) is 35.3 Å². The predicted octanol–water partition coefficient (Wildman–Crippen LogP) is 20.4. The zero-order valence-electron chi connectivity index (χ0n) is 70.9. The molecule has 0 saturated carbocycles. The van der Waals surface area contributed by atoms with Gasteiger partial charge in [-0.25, -0.2) is 25.0 Å². The fourth-order valence-electron chi connectivity index (χ4n) is 13.3. The van der Waals surface area contributed by atoms with Gasteiger partial charge < -0.3 is 32.2 Å². The van der Waals surface area contributed by atoms with Crippen LogP contribution in [0.15, 0.2) is 237 Å². The van der Waals surface area contributed by atoms with Gasteiger partial charge in [-0.3, -0.25) is 50.3 Å². The van der Waals surface area contributed by atoms with Gasteiger partial charge in [-0.15, -0.1) is 30.6 Å². The molecule has 4 unspecified atom stereocenters. The third-order valence-corrected chi connectivity index (χ3v) is 20.9. The molecular weight excluding hydrogens is 1860 g/mol. The third kappa shape index (κ3) is 28.5. The van der Waals surface area contributed by atoms with E-state index in [1.807, 2.05) is 156 Å². The van der Waals surface area contributed by atoms with Crippen molar-refractivity contribution in [3.05, 3.63) is 259 Å². The van der Waals surface area contributed by atoms with E-state index in [-0.39, 0.29) is 42.2 Å². The molecule has 0 aliphatic carbocycles. The molecule has 4 saturated heterocycles. The third-order valence-electron chi connectivity index (χ3n) is 18.9. The van der Waals surface area contributed by atoms with Crippen molar-refractivity contribution in [2.75, 3.05) is 32.8 Å². The van der Waals surface area contributed by atoms with Crippen LogP contribution in [-0.2, 0) is 23.7 Å². The molecule has 125 heavy (non-hydrogen) atoms. The van der Waals surface area contributed by atoms with Crippen LogP contribution >= 0.6 is 63.7 Å². The summed E-state index contributed by atoms with van der Waals surface area (Å²) in [5.74, 6) is 6.32. The molecule has 5 N–H and O–H groups in total. The quantitative estimate of drug-likeness (QED) is 0.0208. The topological polar surface area (TPSA) is 372 Å². The minimum absolute atomic E-state index is 0.0893. The van der Waals surface area contributed by atoms with Crippen LogP contribution in [0.3, 0.4) is 0 Å². The normalized spacial score (nSPS) is 15.8. The Morgan fingerprint density at radius 3 is 1.19 bits per heavy atom. The maximum atomic E-state index is 12.5. The Balaban J connectivity index is 0.000000161. The maximum absolute atomic E-state index is 12.5. The number of benzene rings is 8. The maximum Gasteiger partial charge on any atom is 0.410 e. The van der Waals surface area contributed by atoms with E-state index >= 15 is 0 Å². The van der Waals surface area contributed by atoms with Crippen LogP contribution in [0, 0.1) is 11.5 Å². The van der Waals surface area contributed by atoms with Crippen LogP contribution in [0.2, 0.25) is 0 Å². The number of rotatable bonds is 13. The molecule has 4 aliphatic rings. The number of carbonyl (C=O) groups excluding carboxylic acids is 7. The number of aromatic nitrogens is 6. The van der Waals surface area contributed by atoms with Crippen LogP contribution < -0.4 is 22.1 Å². The fourth-order valence-corrected chi connectivity index (χ4v) is 14.9. The van der Waals surface area contributed by atoms with Crippen molar-refractivity contribution in [2.45, 2.75) is 162 Å². The van der Waals surface area contributed by atoms with E-state index in [4.69, 9.17) is 38.0 Å². The van der Waals surface area contributed by atoms with Gasteiger partial charge >= 0.3 is 24.2 Å². The average molecular weight is 1960 g/mol. The van der Waals surface area contributed by atoms with E-state index in [1.54, 1.807) is 103 Å². The number of esters is 1. The minimum atomic E-state index is -0.655. The lowest BCUT2D eigenvalue weighted by Crippen LogP contribution is -2.52. The lowest BCUT2D eigenvalue weighted by molar-refractivity contribution is -0.126. The summed E-state index contributed by atoms with van der Waals surface area (Å²) in [5.41, 5.74) is 13.7. The number of hydrogen-bond acceptors (Lipinski definition) is 23. The number of ether oxygens (including phenoxy) is 4. The van der Waals surface area contributed by atoms with Gasteiger partial charge in [-0.1, -0.05) is 173 Å². The summed E-state index contributed by atoms with van der Waals surface area (Å²) in [7, 11) is 0. The average Bonchev–Trinajstić information content (AvgIpc) is 1.67. The second-order valence-electron chi connectivity index (χ2n) is 31.9. The molecule has 4 aliphatic heterocycles. The summed E-state index contributed by atoms with van der Waals surface area (Å²) < 4.78 is 42.3. The van der Waals surface area contributed by atoms with E-state index in [1.165, 1.54) is 4.90 Å². The van der Waals surface area contributed by atoms with Gasteiger partial charge in [0, 0.05) is 71.9 Å². The first kappa shape index (κ1) is 95.3. The van der Waals surface area contributed by atoms with Gasteiger partial charge in [0.15, 0.2) is 6.19 Å². The number of halogens is 4. The number of nitrogens with zero attached hydrogens (tertiary/aromatic N) is 11. The zero-order chi connectivity index (χ0) is 90.0. The second-order valence-corrected chi connectivity index (χ2v) is 35.5.